The van der Waals surface area contributed by atoms with E-state index in [1.54, 1.807) is 32.2 Å². The highest BCUT2D eigenvalue weighted by Gasteiger charge is 2.67. The number of ether oxygens (including phenoxy) is 1. The van der Waals surface area contributed by atoms with Gasteiger partial charge in [0, 0.05) is 5.39 Å². The lowest BCUT2D eigenvalue weighted by Crippen LogP contribution is -2.14. The summed E-state index contributed by atoms with van der Waals surface area (Å²) in [6, 6.07) is 5.25. The summed E-state index contributed by atoms with van der Waals surface area (Å²) in [4.78, 5) is 15.0. The third-order valence-corrected chi connectivity index (χ3v) is 6.24. The number of H-pyrrole nitrogens is 1. The number of carbonyl (C=O) groups is 1. The van der Waals surface area contributed by atoms with Crippen molar-refractivity contribution >= 4 is 54.4 Å². The van der Waals surface area contributed by atoms with Crippen LogP contribution in [0.2, 0.25) is 0 Å². The molecule has 116 valence electrons. The van der Waals surface area contributed by atoms with Crippen molar-refractivity contribution in [3.8, 4) is 11.6 Å². The summed E-state index contributed by atoms with van der Waals surface area (Å²) < 4.78 is 4.73. The van der Waals surface area contributed by atoms with E-state index >= 15 is 0 Å². The molecule has 1 atom stereocenters. The van der Waals surface area contributed by atoms with Crippen molar-refractivity contribution in [2.24, 2.45) is 15.6 Å². The first-order valence-electron chi connectivity index (χ1n) is 6.51. The molecule has 1 aromatic carbocycles. The van der Waals surface area contributed by atoms with Crippen molar-refractivity contribution in [3.63, 3.8) is 0 Å². The van der Waals surface area contributed by atoms with Crippen LogP contribution in [0.1, 0.15) is 13.3 Å². The van der Waals surface area contributed by atoms with Gasteiger partial charge in [0.25, 0.3) is 5.91 Å². The van der Waals surface area contributed by atoms with Crippen LogP contribution in [0.25, 0.3) is 10.9 Å². The molecule has 6 nitrogen and oxygen atoms in total. The number of methoxy groups -OCH3 is 1. The molecule has 2 aromatic rings. The zero-order valence-corrected chi connectivity index (χ0v) is 15.0. The molecule has 0 saturated heterocycles. The second-order valence-corrected chi connectivity index (χ2v) is 9.22. The van der Waals surface area contributed by atoms with Crippen LogP contribution in [-0.4, -0.2) is 26.3 Å². The van der Waals surface area contributed by atoms with Crippen molar-refractivity contribution in [1.29, 1.82) is 0 Å². The van der Waals surface area contributed by atoms with Crippen LogP contribution in [0.15, 0.2) is 28.4 Å². The fraction of sp³-hybridized carbons (Fsp3) is 0.357. The number of benzene rings is 1. The normalized spacial score (nSPS) is 23.1. The van der Waals surface area contributed by atoms with Gasteiger partial charge in [-0.25, -0.2) is 0 Å². The molecule has 0 bridgehead atoms. The fourth-order valence-corrected chi connectivity index (χ4v) is 3.67. The zero-order chi connectivity index (χ0) is 16.1. The van der Waals surface area contributed by atoms with Crippen LogP contribution >= 0.6 is 31.9 Å². The van der Waals surface area contributed by atoms with Gasteiger partial charge in [-0.2, -0.15) is 0 Å². The van der Waals surface area contributed by atoms with Crippen molar-refractivity contribution in [3.05, 3.63) is 18.2 Å². The first-order valence-corrected chi connectivity index (χ1v) is 8.10. The Labute approximate surface area is 143 Å². The van der Waals surface area contributed by atoms with Crippen LogP contribution < -0.4 is 4.74 Å². The predicted octanol–water partition coefficient (Wildman–Crippen LogP) is 4.39. The number of nitrogens with zero attached hydrogens (tertiary/aromatic N) is 2. The van der Waals surface area contributed by atoms with E-state index in [1.807, 2.05) is 0 Å². The van der Waals surface area contributed by atoms with Crippen molar-refractivity contribution in [1.82, 2.24) is 4.98 Å². The molecule has 0 aliphatic heterocycles. The average Bonchev–Trinajstić information content (AvgIpc) is 2.85. The van der Waals surface area contributed by atoms with Crippen LogP contribution in [0, 0.1) is 5.41 Å². The predicted molar refractivity (Wildman–Crippen MR) is 89.3 cm³/mol. The Bertz CT molecular complexity index is 800. The van der Waals surface area contributed by atoms with Gasteiger partial charge in [0.15, 0.2) is 5.69 Å². The second kappa shape index (κ2) is 5.06. The maximum absolute atomic E-state index is 12.2. The van der Waals surface area contributed by atoms with Crippen LogP contribution in [0.4, 0.5) is 5.69 Å². The number of hydrogen-bond donors (Lipinski definition) is 2. The minimum absolute atomic E-state index is 0.135. The van der Waals surface area contributed by atoms with Gasteiger partial charge in [0.2, 0.25) is 5.88 Å². The number of azo groups is 1. The highest BCUT2D eigenvalue weighted by Crippen LogP contribution is 2.66. The summed E-state index contributed by atoms with van der Waals surface area (Å²) >= 11 is 6.85. The number of aromatic hydroxyl groups is 1. The Morgan fingerprint density at radius 3 is 2.73 bits per heavy atom. The number of amides is 1. The highest BCUT2D eigenvalue weighted by molar-refractivity contribution is 9.25. The molecule has 0 unspecified atom stereocenters. The molecule has 0 radical (unpaired) electrons. The van der Waals surface area contributed by atoms with Gasteiger partial charge in [-0.3, -0.25) is 4.79 Å². The van der Waals surface area contributed by atoms with Gasteiger partial charge in [-0.15, -0.1) is 10.2 Å². The van der Waals surface area contributed by atoms with Gasteiger partial charge < -0.3 is 14.8 Å². The van der Waals surface area contributed by atoms with E-state index in [2.05, 4.69) is 47.1 Å². The zero-order valence-electron chi connectivity index (χ0n) is 11.9. The van der Waals surface area contributed by atoms with Gasteiger partial charge >= 0.3 is 0 Å². The molecule has 1 fully saturated rings. The van der Waals surface area contributed by atoms with E-state index in [-0.39, 0.29) is 17.5 Å². The minimum atomic E-state index is -0.629. The molecule has 1 aromatic heterocycles. The molecular weight excluding hydrogens is 418 g/mol. The number of nitrogens with one attached hydrogen (secondary N) is 1. The number of aromatic amines is 1. The third kappa shape index (κ3) is 2.34. The third-order valence-electron chi connectivity index (χ3n) is 3.93. The fourth-order valence-electron chi connectivity index (χ4n) is 2.21. The van der Waals surface area contributed by atoms with E-state index in [4.69, 9.17) is 4.74 Å². The first kappa shape index (κ1) is 15.5. The number of fused-ring (bicyclic) bond motifs is 1. The monoisotopic (exact) mass is 429 g/mol. The molecule has 8 heteroatoms. The van der Waals surface area contributed by atoms with Crippen molar-refractivity contribution in [2.75, 3.05) is 7.11 Å². The molecule has 1 heterocycles. The summed E-state index contributed by atoms with van der Waals surface area (Å²) in [5.74, 6) is 0.144. The molecule has 22 heavy (non-hydrogen) atoms. The Morgan fingerprint density at radius 2 is 2.14 bits per heavy atom. The summed E-state index contributed by atoms with van der Waals surface area (Å²) in [5, 5.41) is 18.3. The quantitative estimate of drug-likeness (QED) is 0.559. The van der Waals surface area contributed by atoms with Gasteiger partial charge in [-0.05, 0) is 31.5 Å². The first-order chi connectivity index (χ1) is 10.3. The Balaban J connectivity index is 1.95. The summed E-state index contributed by atoms with van der Waals surface area (Å²) in [5.41, 5.74) is 0.282. The van der Waals surface area contributed by atoms with Gasteiger partial charge in [-0.1, -0.05) is 31.9 Å². The maximum atomic E-state index is 12.2. The topological polar surface area (TPSA) is 87.0 Å². The summed E-state index contributed by atoms with van der Waals surface area (Å²) in [6.07, 6.45) is 0.630. The second-order valence-electron chi connectivity index (χ2n) is 5.45. The number of rotatable bonds is 3. The van der Waals surface area contributed by atoms with Crippen molar-refractivity contribution in [2.45, 2.75) is 16.6 Å². The number of hydrogen-bond acceptors (Lipinski definition) is 4. The van der Waals surface area contributed by atoms with E-state index in [0.29, 0.717) is 23.1 Å². The van der Waals surface area contributed by atoms with E-state index in [9.17, 15) is 9.90 Å². The average molecular weight is 431 g/mol. The molecule has 3 rings (SSSR count). The number of alkyl halides is 2. The minimum Gasteiger partial charge on any atom is -0.497 e. The summed E-state index contributed by atoms with van der Waals surface area (Å²) in [7, 11) is 1.55. The largest absolute Gasteiger partial charge is 0.497 e. The van der Waals surface area contributed by atoms with Crippen LogP contribution in [-0.2, 0) is 4.79 Å². The molecule has 2 N–H and O–H groups in total. The SMILES string of the molecule is COc1ccc2[nH]c(O)c(N=NC(=O)[C@@]3(C)CC3(Br)Br)c2c1. The van der Waals surface area contributed by atoms with E-state index in [1.165, 1.54) is 0 Å². The van der Waals surface area contributed by atoms with E-state index in [0.717, 1.165) is 0 Å². The Morgan fingerprint density at radius 1 is 1.45 bits per heavy atom. The number of aromatic nitrogens is 1. The highest BCUT2D eigenvalue weighted by atomic mass is 79.9. The summed E-state index contributed by atoms with van der Waals surface area (Å²) in [6.45, 7) is 1.80. The molecule has 0 spiro atoms. The molecule has 1 saturated carbocycles. The lowest BCUT2D eigenvalue weighted by Gasteiger charge is -2.05. The van der Waals surface area contributed by atoms with E-state index < -0.39 is 8.65 Å². The van der Waals surface area contributed by atoms with Gasteiger partial charge in [0.05, 0.1) is 21.3 Å². The lowest BCUT2D eigenvalue weighted by molar-refractivity contribution is -0.122. The molecule has 1 amide bonds. The maximum Gasteiger partial charge on any atom is 0.272 e. The Hall–Kier alpha value is -1.41. The number of halogens is 2. The van der Waals surface area contributed by atoms with Crippen molar-refractivity contribution < 1.29 is 14.6 Å². The Kier molecular flexibility index (Phi) is 3.56. The number of carbonyl (C=O) groups excluding carboxylic acids is 1. The van der Waals surface area contributed by atoms with Gasteiger partial charge in [0.1, 0.15) is 5.75 Å². The molecule has 1 aliphatic rings. The van der Waals surface area contributed by atoms with Crippen LogP contribution in [0.3, 0.4) is 0 Å². The molecule has 1 aliphatic carbocycles. The van der Waals surface area contributed by atoms with Crippen LogP contribution in [0.5, 0.6) is 11.6 Å². The standard InChI is InChI=1S/C14H13Br2N3O3/c1-13(6-14(13,15)16)12(21)19-18-10-8-5-7(22-2)3-4-9(8)17-11(10)20/h3-5,17,20H,6H2,1-2H3/t13-/m1/s1. The lowest BCUT2D eigenvalue weighted by atomic mass is 10.1. The smallest absolute Gasteiger partial charge is 0.272 e. The molecular formula is C14H13Br2N3O3.